The Kier molecular flexibility index (Phi) is 2.68. The summed E-state index contributed by atoms with van der Waals surface area (Å²) in [4.78, 5) is 19.8. The number of hydrogen-bond donors (Lipinski definition) is 1. The molecule has 3 aromatic rings. The number of benzene rings is 1. The molecule has 0 saturated carbocycles. The van der Waals surface area contributed by atoms with Gasteiger partial charge in [-0.15, -0.1) is 5.10 Å². The zero-order chi connectivity index (χ0) is 13.2. The number of imidazole rings is 1. The molecule has 0 amide bonds. The van der Waals surface area contributed by atoms with Crippen molar-refractivity contribution in [3.05, 3.63) is 48.4 Å². The van der Waals surface area contributed by atoms with Crippen LogP contribution in [0.2, 0.25) is 0 Å². The molecule has 19 heavy (non-hydrogen) atoms. The first kappa shape index (κ1) is 11.3. The minimum Gasteiger partial charge on any atom is -0.334 e. The van der Waals surface area contributed by atoms with Crippen LogP contribution in [0.4, 0.5) is 0 Å². The molecule has 0 saturated heterocycles. The second-order valence-electron chi connectivity index (χ2n) is 4.06. The zero-order valence-electron chi connectivity index (χ0n) is 10.2. The maximum Gasteiger partial charge on any atom is 0.177 e. The number of aromatic nitrogens is 5. The number of carbonyl (C=O) groups is 1. The van der Waals surface area contributed by atoms with Crippen LogP contribution in [0.15, 0.2) is 42.7 Å². The highest BCUT2D eigenvalue weighted by molar-refractivity contribution is 5.92. The first-order chi connectivity index (χ1) is 9.24. The largest absolute Gasteiger partial charge is 0.334 e. The number of Topliss-reactive ketones (excluding diaryl/α,β-unsaturated/α-hetero) is 1. The molecule has 0 radical (unpaired) electrons. The van der Waals surface area contributed by atoms with Gasteiger partial charge in [-0.05, 0) is 12.1 Å². The van der Waals surface area contributed by atoms with Gasteiger partial charge in [0.15, 0.2) is 11.6 Å². The van der Waals surface area contributed by atoms with Crippen LogP contribution in [0.1, 0.15) is 17.4 Å². The Bertz CT molecular complexity index is 713. The van der Waals surface area contributed by atoms with Crippen LogP contribution < -0.4 is 0 Å². The summed E-state index contributed by atoms with van der Waals surface area (Å²) in [6, 6.07) is 9.58. The van der Waals surface area contributed by atoms with E-state index in [-0.39, 0.29) is 5.78 Å². The SMILES string of the molecule is CC(=O)c1cnc(-c2cnn(-c3ccccc3)n2)[nH]1. The molecule has 0 bridgehead atoms. The summed E-state index contributed by atoms with van der Waals surface area (Å²) < 4.78 is 0. The summed E-state index contributed by atoms with van der Waals surface area (Å²) in [5, 5.41) is 8.50. The molecule has 94 valence electrons. The van der Waals surface area contributed by atoms with Gasteiger partial charge in [-0.3, -0.25) is 4.79 Å². The Morgan fingerprint density at radius 3 is 2.68 bits per heavy atom. The number of hydrogen-bond acceptors (Lipinski definition) is 4. The summed E-state index contributed by atoms with van der Waals surface area (Å²) in [6.45, 7) is 1.48. The average molecular weight is 253 g/mol. The number of H-pyrrole nitrogens is 1. The van der Waals surface area contributed by atoms with Gasteiger partial charge >= 0.3 is 0 Å². The molecule has 0 aliphatic heterocycles. The highest BCUT2D eigenvalue weighted by Gasteiger charge is 2.10. The first-order valence-corrected chi connectivity index (χ1v) is 5.78. The van der Waals surface area contributed by atoms with Crippen LogP contribution >= 0.6 is 0 Å². The minimum absolute atomic E-state index is 0.0609. The number of rotatable bonds is 3. The van der Waals surface area contributed by atoms with Crippen LogP contribution in [0, 0.1) is 0 Å². The lowest BCUT2D eigenvalue weighted by molar-refractivity contribution is 0.101. The predicted molar refractivity (Wildman–Crippen MR) is 68.9 cm³/mol. The Balaban J connectivity index is 1.94. The molecule has 0 aliphatic rings. The molecule has 0 spiro atoms. The summed E-state index contributed by atoms with van der Waals surface area (Å²) in [7, 11) is 0. The molecule has 1 N–H and O–H groups in total. The van der Waals surface area contributed by atoms with E-state index in [4.69, 9.17) is 0 Å². The lowest BCUT2D eigenvalue weighted by atomic mass is 10.3. The molecule has 3 rings (SSSR count). The van der Waals surface area contributed by atoms with Crippen LogP contribution in [0.25, 0.3) is 17.2 Å². The van der Waals surface area contributed by atoms with Gasteiger partial charge < -0.3 is 4.98 Å². The van der Waals surface area contributed by atoms with Crippen molar-refractivity contribution < 1.29 is 4.79 Å². The van der Waals surface area contributed by atoms with Crippen LogP contribution in [-0.4, -0.2) is 30.7 Å². The van der Waals surface area contributed by atoms with Gasteiger partial charge in [0.25, 0.3) is 0 Å². The highest BCUT2D eigenvalue weighted by Crippen LogP contribution is 2.13. The second kappa shape index (κ2) is 4.49. The Morgan fingerprint density at radius 2 is 2.00 bits per heavy atom. The van der Waals surface area contributed by atoms with Crippen molar-refractivity contribution in [2.75, 3.05) is 0 Å². The molecule has 0 atom stereocenters. The van der Waals surface area contributed by atoms with E-state index in [1.54, 1.807) is 6.20 Å². The fraction of sp³-hybridized carbons (Fsp3) is 0.0769. The quantitative estimate of drug-likeness (QED) is 0.723. The maximum absolute atomic E-state index is 11.2. The number of nitrogens with one attached hydrogen (secondary N) is 1. The van der Waals surface area contributed by atoms with Crippen molar-refractivity contribution in [3.63, 3.8) is 0 Å². The zero-order valence-corrected chi connectivity index (χ0v) is 10.2. The monoisotopic (exact) mass is 253 g/mol. The second-order valence-corrected chi connectivity index (χ2v) is 4.06. The van der Waals surface area contributed by atoms with Gasteiger partial charge in [0.2, 0.25) is 0 Å². The van der Waals surface area contributed by atoms with Crippen molar-refractivity contribution in [3.8, 4) is 17.2 Å². The van der Waals surface area contributed by atoms with E-state index in [0.717, 1.165) is 5.69 Å². The van der Waals surface area contributed by atoms with Gasteiger partial charge in [0.1, 0.15) is 11.4 Å². The molecule has 6 nitrogen and oxygen atoms in total. The van der Waals surface area contributed by atoms with Crippen molar-refractivity contribution >= 4 is 5.78 Å². The first-order valence-electron chi connectivity index (χ1n) is 5.78. The Hall–Kier alpha value is -2.76. The molecule has 1 aromatic carbocycles. The van der Waals surface area contributed by atoms with E-state index in [2.05, 4.69) is 20.2 Å². The average Bonchev–Trinajstić information content (AvgIpc) is 3.09. The van der Waals surface area contributed by atoms with Gasteiger partial charge in [-0.25, -0.2) is 4.98 Å². The Labute approximate surface area is 109 Å². The summed E-state index contributed by atoms with van der Waals surface area (Å²) in [6.07, 6.45) is 3.11. The van der Waals surface area contributed by atoms with E-state index < -0.39 is 0 Å². The van der Waals surface area contributed by atoms with E-state index >= 15 is 0 Å². The normalized spacial score (nSPS) is 10.6. The third-order valence-corrected chi connectivity index (χ3v) is 2.68. The van der Waals surface area contributed by atoms with E-state index in [1.807, 2.05) is 30.3 Å². The van der Waals surface area contributed by atoms with Crippen LogP contribution in [0.5, 0.6) is 0 Å². The van der Waals surface area contributed by atoms with Gasteiger partial charge in [0.05, 0.1) is 18.1 Å². The smallest absolute Gasteiger partial charge is 0.177 e. The van der Waals surface area contributed by atoms with Gasteiger partial charge in [0, 0.05) is 6.92 Å². The molecule has 0 aliphatic carbocycles. The fourth-order valence-electron chi connectivity index (χ4n) is 1.69. The lowest BCUT2D eigenvalue weighted by Crippen LogP contribution is -1.98. The van der Waals surface area contributed by atoms with E-state index in [0.29, 0.717) is 17.2 Å². The minimum atomic E-state index is -0.0609. The third-order valence-electron chi connectivity index (χ3n) is 2.68. The van der Waals surface area contributed by atoms with Gasteiger partial charge in [-0.1, -0.05) is 18.2 Å². The van der Waals surface area contributed by atoms with Crippen molar-refractivity contribution in [1.29, 1.82) is 0 Å². The van der Waals surface area contributed by atoms with Crippen molar-refractivity contribution in [1.82, 2.24) is 25.0 Å². The lowest BCUT2D eigenvalue weighted by Gasteiger charge is -1.96. The number of nitrogens with zero attached hydrogens (tertiary/aromatic N) is 4. The topological polar surface area (TPSA) is 76.5 Å². The third kappa shape index (κ3) is 2.15. The molecule has 0 fully saturated rings. The van der Waals surface area contributed by atoms with Crippen molar-refractivity contribution in [2.45, 2.75) is 6.92 Å². The molecule has 6 heteroatoms. The molecule has 2 aromatic heterocycles. The van der Waals surface area contributed by atoms with E-state index in [9.17, 15) is 4.79 Å². The highest BCUT2D eigenvalue weighted by atomic mass is 16.1. The van der Waals surface area contributed by atoms with E-state index in [1.165, 1.54) is 17.9 Å². The van der Waals surface area contributed by atoms with Crippen LogP contribution in [-0.2, 0) is 0 Å². The number of ketones is 1. The summed E-state index contributed by atoms with van der Waals surface area (Å²) in [5.74, 6) is 0.474. The fourth-order valence-corrected chi connectivity index (χ4v) is 1.69. The van der Waals surface area contributed by atoms with Crippen molar-refractivity contribution in [2.24, 2.45) is 0 Å². The number of aromatic amines is 1. The van der Waals surface area contributed by atoms with Gasteiger partial charge in [-0.2, -0.15) is 9.90 Å². The summed E-state index contributed by atoms with van der Waals surface area (Å²) in [5.41, 5.74) is 1.92. The Morgan fingerprint density at radius 1 is 1.21 bits per heavy atom. The molecule has 0 unspecified atom stereocenters. The summed E-state index contributed by atoms with van der Waals surface area (Å²) >= 11 is 0. The molecular weight excluding hydrogens is 242 g/mol. The number of carbonyl (C=O) groups excluding carboxylic acids is 1. The molecular formula is C13H11N5O. The number of para-hydroxylation sites is 1. The standard InChI is InChI=1S/C13H11N5O/c1-9(19)11-7-14-13(16-11)12-8-15-18(17-12)10-5-3-2-4-6-10/h2-8H,1H3,(H,14,16). The predicted octanol–water partition coefficient (Wildman–Crippen LogP) is 1.86. The maximum atomic E-state index is 11.2. The molecule has 2 heterocycles. The van der Waals surface area contributed by atoms with Crippen LogP contribution in [0.3, 0.4) is 0 Å².